The molecule has 1 aromatic carbocycles. The fourth-order valence-corrected chi connectivity index (χ4v) is 2.73. The van der Waals surface area contributed by atoms with Crippen molar-refractivity contribution in [2.75, 3.05) is 5.43 Å². The molecule has 3 nitrogen and oxygen atoms in total. The second-order valence-corrected chi connectivity index (χ2v) is 5.69. The molecule has 17 heavy (non-hydrogen) atoms. The monoisotopic (exact) mass is 341 g/mol. The molecule has 3 N–H and O–H groups in total. The van der Waals surface area contributed by atoms with Gasteiger partial charge in [-0.3, -0.25) is 10.8 Å². The van der Waals surface area contributed by atoms with Crippen molar-refractivity contribution in [1.82, 2.24) is 4.98 Å². The molecule has 4 heteroatoms. The van der Waals surface area contributed by atoms with E-state index in [2.05, 4.69) is 59.0 Å². The number of hydrogen-bond donors (Lipinski definition) is 2. The molecular formula is C13H16IN3. The lowest BCUT2D eigenvalue weighted by atomic mass is 9.97. The molecule has 0 saturated carbocycles. The van der Waals surface area contributed by atoms with Crippen LogP contribution < -0.4 is 11.3 Å². The Morgan fingerprint density at radius 3 is 2.65 bits per heavy atom. The van der Waals surface area contributed by atoms with Gasteiger partial charge in [-0.05, 0) is 53.6 Å². The molecule has 2 rings (SSSR count). The number of nitrogens with zero attached hydrogens (tertiary/aromatic N) is 1. The smallest absolute Gasteiger partial charge is 0.0727 e. The number of aryl methyl sites for hydroxylation is 1. The van der Waals surface area contributed by atoms with Crippen LogP contribution in [0.25, 0.3) is 10.9 Å². The maximum atomic E-state index is 5.69. The first-order chi connectivity index (χ1) is 8.04. The van der Waals surface area contributed by atoms with E-state index in [1.165, 1.54) is 9.13 Å². The minimum Gasteiger partial charge on any atom is -0.323 e. The Morgan fingerprint density at radius 2 is 2.06 bits per heavy atom. The van der Waals surface area contributed by atoms with Gasteiger partial charge in [-0.15, -0.1) is 0 Å². The number of nitrogens with one attached hydrogen (secondary N) is 1. The zero-order chi connectivity index (χ0) is 12.6. The van der Waals surface area contributed by atoms with Gasteiger partial charge in [0.1, 0.15) is 0 Å². The van der Waals surface area contributed by atoms with Gasteiger partial charge in [-0.1, -0.05) is 13.8 Å². The fourth-order valence-electron chi connectivity index (χ4n) is 2.23. The van der Waals surface area contributed by atoms with Gasteiger partial charge in [0.05, 0.1) is 11.2 Å². The average Bonchev–Trinajstić information content (AvgIpc) is 2.27. The van der Waals surface area contributed by atoms with E-state index in [9.17, 15) is 0 Å². The van der Waals surface area contributed by atoms with Gasteiger partial charge in [0, 0.05) is 20.2 Å². The maximum Gasteiger partial charge on any atom is 0.0727 e. The predicted molar refractivity (Wildman–Crippen MR) is 81.1 cm³/mol. The molecule has 90 valence electrons. The number of fused-ring (bicyclic) bond motifs is 1. The highest BCUT2D eigenvalue weighted by Gasteiger charge is 2.14. The van der Waals surface area contributed by atoms with Gasteiger partial charge < -0.3 is 5.43 Å². The number of anilines is 1. The summed E-state index contributed by atoms with van der Waals surface area (Å²) in [5, 5.41) is 1.09. The van der Waals surface area contributed by atoms with Crippen LogP contribution in [0.4, 0.5) is 5.69 Å². The SMILES string of the molecule is Cc1nc2ccc(I)cc2c(NN)c1C(C)C. The van der Waals surface area contributed by atoms with Crippen molar-refractivity contribution < 1.29 is 0 Å². The Balaban J connectivity index is 2.87. The second kappa shape index (κ2) is 4.78. The van der Waals surface area contributed by atoms with E-state index >= 15 is 0 Å². The van der Waals surface area contributed by atoms with Crippen LogP contribution in [0, 0.1) is 10.5 Å². The van der Waals surface area contributed by atoms with Crippen LogP contribution >= 0.6 is 22.6 Å². The number of rotatable bonds is 2. The minimum atomic E-state index is 0.399. The van der Waals surface area contributed by atoms with Crippen molar-refractivity contribution in [3.63, 3.8) is 0 Å². The number of halogens is 1. The Morgan fingerprint density at radius 1 is 1.35 bits per heavy atom. The molecule has 0 atom stereocenters. The van der Waals surface area contributed by atoms with Crippen molar-refractivity contribution in [3.05, 3.63) is 33.0 Å². The molecule has 0 amide bonds. The molecule has 0 aliphatic heterocycles. The van der Waals surface area contributed by atoms with Crippen LogP contribution in [-0.4, -0.2) is 4.98 Å². The highest BCUT2D eigenvalue weighted by molar-refractivity contribution is 14.1. The lowest BCUT2D eigenvalue weighted by molar-refractivity contribution is 0.848. The number of pyridine rings is 1. The largest absolute Gasteiger partial charge is 0.323 e. The van der Waals surface area contributed by atoms with E-state index < -0.39 is 0 Å². The van der Waals surface area contributed by atoms with Crippen LogP contribution in [0.5, 0.6) is 0 Å². The number of hydrogen-bond acceptors (Lipinski definition) is 3. The lowest BCUT2D eigenvalue weighted by Gasteiger charge is -2.17. The van der Waals surface area contributed by atoms with Crippen LogP contribution in [0.2, 0.25) is 0 Å². The molecule has 0 aliphatic carbocycles. The van der Waals surface area contributed by atoms with E-state index in [-0.39, 0.29) is 0 Å². The topological polar surface area (TPSA) is 50.9 Å². The van der Waals surface area contributed by atoms with E-state index in [1.54, 1.807) is 0 Å². The van der Waals surface area contributed by atoms with Crippen molar-refractivity contribution in [2.24, 2.45) is 5.84 Å². The molecule has 0 bridgehead atoms. The molecule has 1 heterocycles. The summed E-state index contributed by atoms with van der Waals surface area (Å²) in [6.07, 6.45) is 0. The summed E-state index contributed by atoms with van der Waals surface area (Å²) in [7, 11) is 0. The summed E-state index contributed by atoms with van der Waals surface area (Å²) in [6, 6.07) is 6.21. The highest BCUT2D eigenvalue weighted by Crippen LogP contribution is 2.33. The molecule has 1 aromatic heterocycles. The summed E-state index contributed by atoms with van der Waals surface area (Å²) in [4.78, 5) is 4.65. The number of aromatic nitrogens is 1. The molecule has 0 aliphatic rings. The first-order valence-corrected chi connectivity index (χ1v) is 6.69. The summed E-state index contributed by atoms with van der Waals surface area (Å²) in [6.45, 7) is 6.35. The van der Waals surface area contributed by atoms with Crippen LogP contribution in [-0.2, 0) is 0 Å². The zero-order valence-electron chi connectivity index (χ0n) is 10.2. The number of nitrogens with two attached hydrogens (primary N) is 1. The lowest BCUT2D eigenvalue weighted by Crippen LogP contribution is -2.12. The van der Waals surface area contributed by atoms with E-state index in [1.807, 2.05) is 13.0 Å². The van der Waals surface area contributed by atoms with Gasteiger partial charge in [0.2, 0.25) is 0 Å². The third-order valence-electron chi connectivity index (χ3n) is 2.90. The van der Waals surface area contributed by atoms with Gasteiger partial charge in [-0.2, -0.15) is 0 Å². The Kier molecular flexibility index (Phi) is 3.53. The Hall–Kier alpha value is -0.880. The third kappa shape index (κ3) is 2.24. The summed E-state index contributed by atoms with van der Waals surface area (Å²) < 4.78 is 1.19. The van der Waals surface area contributed by atoms with Gasteiger partial charge in [0.25, 0.3) is 0 Å². The van der Waals surface area contributed by atoms with Crippen LogP contribution in [0.1, 0.15) is 31.0 Å². The van der Waals surface area contributed by atoms with Crippen molar-refractivity contribution in [3.8, 4) is 0 Å². The first-order valence-electron chi connectivity index (χ1n) is 5.61. The highest BCUT2D eigenvalue weighted by atomic mass is 127. The van der Waals surface area contributed by atoms with Gasteiger partial charge in [0.15, 0.2) is 0 Å². The maximum absolute atomic E-state index is 5.69. The Labute approximate surface area is 115 Å². The van der Waals surface area contributed by atoms with E-state index in [0.717, 1.165) is 22.3 Å². The van der Waals surface area contributed by atoms with Crippen molar-refractivity contribution in [1.29, 1.82) is 0 Å². The zero-order valence-corrected chi connectivity index (χ0v) is 12.4. The number of benzene rings is 1. The molecule has 2 aromatic rings. The molecular weight excluding hydrogens is 325 g/mol. The number of nitrogen functional groups attached to an aromatic ring is 1. The standard InChI is InChI=1S/C13H16IN3/c1-7(2)12-8(3)16-11-5-4-9(14)6-10(11)13(12)17-15/h4-7H,15H2,1-3H3,(H,16,17). The van der Waals surface area contributed by atoms with Crippen LogP contribution in [0.3, 0.4) is 0 Å². The van der Waals surface area contributed by atoms with Crippen LogP contribution in [0.15, 0.2) is 18.2 Å². The third-order valence-corrected chi connectivity index (χ3v) is 3.57. The van der Waals surface area contributed by atoms with Crippen molar-refractivity contribution >= 4 is 39.2 Å². The van der Waals surface area contributed by atoms with Gasteiger partial charge in [-0.25, -0.2) is 0 Å². The average molecular weight is 341 g/mol. The minimum absolute atomic E-state index is 0.399. The Bertz CT molecular complexity index is 564. The predicted octanol–water partition coefficient (Wildman–Crippen LogP) is 3.56. The molecule has 0 radical (unpaired) electrons. The molecule has 0 saturated heterocycles. The fraction of sp³-hybridized carbons (Fsp3) is 0.308. The van der Waals surface area contributed by atoms with Crippen molar-refractivity contribution in [2.45, 2.75) is 26.7 Å². The summed E-state index contributed by atoms with van der Waals surface area (Å²) >= 11 is 2.30. The summed E-state index contributed by atoms with van der Waals surface area (Å²) in [5.74, 6) is 6.09. The second-order valence-electron chi connectivity index (χ2n) is 4.45. The van der Waals surface area contributed by atoms with E-state index in [0.29, 0.717) is 5.92 Å². The number of hydrazine groups is 1. The van der Waals surface area contributed by atoms with E-state index in [4.69, 9.17) is 5.84 Å². The molecule has 0 spiro atoms. The van der Waals surface area contributed by atoms with Gasteiger partial charge >= 0.3 is 0 Å². The first kappa shape index (κ1) is 12.6. The molecule has 0 unspecified atom stereocenters. The molecule has 0 fully saturated rings. The normalized spacial score (nSPS) is 11.2. The quantitative estimate of drug-likeness (QED) is 0.499. The summed E-state index contributed by atoms with van der Waals surface area (Å²) in [5.41, 5.74) is 7.07.